The number of carbonyl (C=O) groups is 2. The van der Waals surface area contributed by atoms with Gasteiger partial charge in [-0.25, -0.2) is 4.79 Å². The number of piperidine rings is 1. The monoisotopic (exact) mass is 490 g/mol. The molecule has 188 valence electrons. The molecule has 4 heterocycles. The van der Waals surface area contributed by atoms with E-state index in [9.17, 15) is 14.4 Å². The molecule has 0 bridgehead atoms. The van der Waals surface area contributed by atoms with Gasteiger partial charge in [0.1, 0.15) is 17.3 Å². The Balaban J connectivity index is 1.23. The molecule has 1 aliphatic heterocycles. The van der Waals surface area contributed by atoms with Gasteiger partial charge in [-0.2, -0.15) is 0 Å². The molecule has 1 fully saturated rings. The number of furan rings is 2. The molecule has 4 aromatic rings. The molecule has 0 atom stereocenters. The van der Waals surface area contributed by atoms with Crippen LogP contribution in [0.3, 0.4) is 0 Å². The summed E-state index contributed by atoms with van der Waals surface area (Å²) in [6.07, 6.45) is 3.19. The van der Waals surface area contributed by atoms with Gasteiger partial charge < -0.3 is 23.6 Å². The largest absolute Gasteiger partial charge is 0.467 e. The van der Waals surface area contributed by atoms with E-state index in [1.165, 1.54) is 0 Å². The Bertz CT molecular complexity index is 1420. The lowest BCUT2D eigenvalue weighted by Gasteiger charge is -2.33. The average Bonchev–Trinajstić information content (AvgIpc) is 3.59. The lowest BCUT2D eigenvalue weighted by Crippen LogP contribution is -2.42. The van der Waals surface area contributed by atoms with Gasteiger partial charge in [0.2, 0.25) is 5.91 Å². The van der Waals surface area contributed by atoms with Crippen molar-refractivity contribution in [2.24, 2.45) is 0 Å². The maximum absolute atomic E-state index is 13.3. The predicted molar refractivity (Wildman–Crippen MR) is 134 cm³/mol. The Kier molecular flexibility index (Phi) is 6.54. The standard InChI is InChI=1S/C27H30N4O5/c1-18-16-22(19(2)36-18)26(33)30(17-21-6-5-15-35-21)14-11-25(32)29-12-9-20(10-13-29)31-24-8-4-3-7-23(24)28-27(31)34/h3-8,15-16,20H,9-14,17H2,1-2H3,(H,28,34). The Morgan fingerprint density at radius 1 is 1.11 bits per heavy atom. The molecule has 1 aromatic carbocycles. The van der Waals surface area contributed by atoms with Crippen molar-refractivity contribution in [3.8, 4) is 0 Å². The second kappa shape index (κ2) is 9.93. The van der Waals surface area contributed by atoms with E-state index < -0.39 is 0 Å². The Morgan fingerprint density at radius 2 is 1.89 bits per heavy atom. The highest BCUT2D eigenvalue weighted by atomic mass is 16.3. The van der Waals surface area contributed by atoms with Crippen LogP contribution in [0.1, 0.15) is 52.9 Å². The first-order chi connectivity index (χ1) is 17.4. The number of H-pyrrole nitrogens is 1. The summed E-state index contributed by atoms with van der Waals surface area (Å²) in [6, 6.07) is 13.0. The molecule has 0 radical (unpaired) electrons. The number of carbonyl (C=O) groups excluding carboxylic acids is 2. The van der Waals surface area contributed by atoms with Crippen LogP contribution in [0, 0.1) is 13.8 Å². The van der Waals surface area contributed by atoms with Crippen molar-refractivity contribution >= 4 is 22.8 Å². The Morgan fingerprint density at radius 3 is 2.58 bits per heavy atom. The SMILES string of the molecule is Cc1cc(C(=O)N(CCC(=O)N2CCC(n3c(=O)[nH]c4ccccc43)CC2)Cc2ccco2)c(C)o1. The van der Waals surface area contributed by atoms with Crippen LogP contribution in [-0.4, -0.2) is 50.8 Å². The third kappa shape index (κ3) is 4.73. The van der Waals surface area contributed by atoms with Gasteiger partial charge in [0.15, 0.2) is 0 Å². The minimum atomic E-state index is -0.189. The molecule has 1 saturated heterocycles. The smallest absolute Gasteiger partial charge is 0.326 e. The summed E-state index contributed by atoms with van der Waals surface area (Å²) in [5.41, 5.74) is 2.10. The number of benzene rings is 1. The van der Waals surface area contributed by atoms with Crippen LogP contribution in [0.4, 0.5) is 0 Å². The van der Waals surface area contributed by atoms with E-state index in [1.807, 2.05) is 39.8 Å². The summed E-state index contributed by atoms with van der Waals surface area (Å²) in [6.45, 7) is 5.25. The van der Waals surface area contributed by atoms with Gasteiger partial charge in [0, 0.05) is 32.1 Å². The molecular formula is C27H30N4O5. The highest BCUT2D eigenvalue weighted by Crippen LogP contribution is 2.25. The first-order valence-electron chi connectivity index (χ1n) is 12.3. The molecule has 3 aromatic heterocycles. The quantitative estimate of drug-likeness (QED) is 0.421. The number of hydrogen-bond acceptors (Lipinski definition) is 5. The van der Waals surface area contributed by atoms with Crippen molar-refractivity contribution in [1.29, 1.82) is 0 Å². The van der Waals surface area contributed by atoms with Crippen molar-refractivity contribution in [3.63, 3.8) is 0 Å². The molecule has 0 spiro atoms. The van der Waals surface area contributed by atoms with E-state index in [1.54, 1.807) is 37.1 Å². The van der Waals surface area contributed by atoms with Crippen molar-refractivity contribution in [2.75, 3.05) is 19.6 Å². The number of fused-ring (bicyclic) bond motifs is 1. The molecule has 0 saturated carbocycles. The molecule has 0 unspecified atom stereocenters. The van der Waals surface area contributed by atoms with Crippen LogP contribution in [-0.2, 0) is 11.3 Å². The molecule has 9 heteroatoms. The minimum absolute atomic E-state index is 0.00272. The highest BCUT2D eigenvalue weighted by molar-refractivity contribution is 5.95. The Hall–Kier alpha value is -4.01. The number of aromatic nitrogens is 2. The van der Waals surface area contributed by atoms with Crippen molar-refractivity contribution in [2.45, 2.75) is 45.7 Å². The molecule has 5 rings (SSSR count). The second-order valence-electron chi connectivity index (χ2n) is 9.31. The topological polar surface area (TPSA) is 105 Å². The fourth-order valence-electron chi connectivity index (χ4n) is 5.06. The van der Waals surface area contributed by atoms with E-state index in [0.29, 0.717) is 48.8 Å². The lowest BCUT2D eigenvalue weighted by atomic mass is 10.0. The molecule has 1 aliphatic rings. The van der Waals surface area contributed by atoms with Gasteiger partial charge in [-0.15, -0.1) is 0 Å². The van der Waals surface area contributed by atoms with Gasteiger partial charge in [0.25, 0.3) is 5.91 Å². The zero-order valence-electron chi connectivity index (χ0n) is 20.5. The molecule has 0 aliphatic carbocycles. The summed E-state index contributed by atoms with van der Waals surface area (Å²) >= 11 is 0. The first kappa shape index (κ1) is 23.7. The summed E-state index contributed by atoms with van der Waals surface area (Å²) < 4.78 is 12.8. The fraction of sp³-hybridized carbons (Fsp3) is 0.370. The van der Waals surface area contributed by atoms with Crippen LogP contribution in [0.25, 0.3) is 11.0 Å². The van der Waals surface area contributed by atoms with Crippen molar-refractivity contribution < 1.29 is 18.4 Å². The third-order valence-corrected chi connectivity index (χ3v) is 6.89. The van der Waals surface area contributed by atoms with Gasteiger partial charge in [0.05, 0.1) is 29.4 Å². The van der Waals surface area contributed by atoms with Gasteiger partial charge in [-0.3, -0.25) is 14.2 Å². The van der Waals surface area contributed by atoms with Crippen molar-refractivity contribution in [3.05, 3.63) is 82.1 Å². The summed E-state index contributed by atoms with van der Waals surface area (Å²) in [5, 5.41) is 0. The molecular weight excluding hydrogens is 460 g/mol. The average molecular weight is 491 g/mol. The van der Waals surface area contributed by atoms with Crippen LogP contribution >= 0.6 is 0 Å². The van der Waals surface area contributed by atoms with E-state index in [2.05, 4.69) is 4.98 Å². The summed E-state index contributed by atoms with van der Waals surface area (Å²) in [4.78, 5) is 45.3. The normalized spacial score (nSPS) is 14.4. The number of nitrogens with one attached hydrogen (secondary N) is 1. The number of hydrogen-bond donors (Lipinski definition) is 1. The van der Waals surface area contributed by atoms with E-state index >= 15 is 0 Å². The fourth-order valence-corrected chi connectivity index (χ4v) is 5.06. The van der Waals surface area contributed by atoms with E-state index in [0.717, 1.165) is 11.0 Å². The Labute approximate surface area is 208 Å². The summed E-state index contributed by atoms with van der Waals surface area (Å²) in [7, 11) is 0. The maximum Gasteiger partial charge on any atom is 0.326 e. The number of amides is 2. The van der Waals surface area contributed by atoms with Crippen molar-refractivity contribution in [1.82, 2.24) is 19.4 Å². The second-order valence-corrected chi connectivity index (χ2v) is 9.31. The first-order valence-corrected chi connectivity index (χ1v) is 12.3. The zero-order chi connectivity index (χ0) is 25.2. The van der Waals surface area contributed by atoms with Crippen LogP contribution in [0.5, 0.6) is 0 Å². The number of aromatic amines is 1. The number of para-hydroxylation sites is 2. The van der Waals surface area contributed by atoms with Crippen LogP contribution in [0.15, 0.2) is 62.4 Å². The number of imidazole rings is 1. The predicted octanol–water partition coefficient (Wildman–Crippen LogP) is 4.03. The lowest BCUT2D eigenvalue weighted by molar-refractivity contribution is -0.132. The number of likely N-dealkylation sites (tertiary alicyclic amines) is 1. The van der Waals surface area contributed by atoms with E-state index in [-0.39, 0.29) is 43.1 Å². The van der Waals surface area contributed by atoms with Gasteiger partial charge in [-0.1, -0.05) is 12.1 Å². The van der Waals surface area contributed by atoms with Gasteiger partial charge in [-0.05, 0) is 57.0 Å². The molecule has 36 heavy (non-hydrogen) atoms. The zero-order valence-corrected chi connectivity index (χ0v) is 20.5. The minimum Gasteiger partial charge on any atom is -0.467 e. The van der Waals surface area contributed by atoms with Gasteiger partial charge >= 0.3 is 5.69 Å². The molecule has 9 nitrogen and oxygen atoms in total. The van der Waals surface area contributed by atoms with Crippen LogP contribution in [0.2, 0.25) is 0 Å². The molecule has 1 N–H and O–H groups in total. The summed E-state index contributed by atoms with van der Waals surface area (Å²) in [5.74, 6) is 1.69. The number of rotatable bonds is 7. The maximum atomic E-state index is 13.3. The third-order valence-electron chi connectivity index (χ3n) is 6.89. The molecule has 2 amide bonds. The highest BCUT2D eigenvalue weighted by Gasteiger charge is 2.27. The van der Waals surface area contributed by atoms with E-state index in [4.69, 9.17) is 8.83 Å². The van der Waals surface area contributed by atoms with Crippen LogP contribution < -0.4 is 5.69 Å². The number of nitrogens with zero attached hydrogens (tertiary/aromatic N) is 3. The number of aryl methyl sites for hydroxylation is 2.